The molecular weight excluding hydrogens is 407 g/mol. The van der Waals surface area contributed by atoms with Crippen LogP contribution in [0.25, 0.3) is 6.08 Å². The molecule has 1 aliphatic rings. The Hall–Kier alpha value is -2.25. The van der Waals surface area contributed by atoms with E-state index in [0.29, 0.717) is 5.69 Å². The van der Waals surface area contributed by atoms with Gasteiger partial charge in [0.2, 0.25) is 0 Å². The second-order valence-electron chi connectivity index (χ2n) is 5.95. The molecule has 0 radical (unpaired) electrons. The van der Waals surface area contributed by atoms with Gasteiger partial charge in [-0.25, -0.2) is 4.39 Å². The fourth-order valence-corrected chi connectivity index (χ4v) is 3.20. The second kappa shape index (κ2) is 7.05. The first kappa shape index (κ1) is 19.5. The molecule has 0 bridgehead atoms. The molecule has 3 nitrogen and oxygen atoms in total. The van der Waals surface area contributed by atoms with E-state index in [4.69, 9.17) is 33.8 Å². The zero-order chi connectivity index (χ0) is 19.8. The Labute approximate surface area is 162 Å². The van der Waals surface area contributed by atoms with Crippen LogP contribution in [-0.2, 0) is 10.4 Å². The van der Waals surface area contributed by atoms with E-state index in [-0.39, 0.29) is 26.9 Å². The van der Waals surface area contributed by atoms with Crippen LogP contribution in [0.15, 0.2) is 47.6 Å². The summed E-state index contributed by atoms with van der Waals surface area (Å²) >= 11 is 11.7. The van der Waals surface area contributed by atoms with Crippen molar-refractivity contribution in [2.24, 2.45) is 5.16 Å². The minimum Gasteiger partial charge on any atom is -0.399 e. The third-order valence-electron chi connectivity index (χ3n) is 4.01. The molecule has 0 amide bonds. The Kier molecular flexibility index (Phi) is 5.10. The molecule has 2 aromatic carbocycles. The molecular formula is C18H12Cl2F4N2O. The molecule has 1 aliphatic heterocycles. The molecule has 0 spiro atoms. The number of nitrogen functional groups attached to an aromatic ring is 1. The van der Waals surface area contributed by atoms with Gasteiger partial charge in [-0.05, 0) is 42.5 Å². The standard InChI is InChI=1S/C18H12Cl2F4N2O/c19-12-6-11(7-13(20)8-12)17(18(22,23)24)9-15(26-27-17)3-1-10-5-14(25)2-4-16(10)21/h1-8H,9,25H2/b3-1+. The molecule has 0 fully saturated rings. The van der Waals surface area contributed by atoms with E-state index in [9.17, 15) is 17.6 Å². The van der Waals surface area contributed by atoms with Crippen molar-refractivity contribution in [1.29, 1.82) is 0 Å². The number of hydrogen-bond donors (Lipinski definition) is 1. The van der Waals surface area contributed by atoms with Gasteiger partial charge in [0, 0.05) is 33.3 Å². The predicted molar refractivity (Wildman–Crippen MR) is 97.2 cm³/mol. The molecule has 0 aliphatic carbocycles. The lowest BCUT2D eigenvalue weighted by Crippen LogP contribution is -2.42. The Morgan fingerprint density at radius 3 is 2.37 bits per heavy atom. The van der Waals surface area contributed by atoms with Crippen molar-refractivity contribution in [1.82, 2.24) is 0 Å². The molecule has 0 saturated carbocycles. The number of oxime groups is 1. The highest BCUT2D eigenvalue weighted by molar-refractivity contribution is 6.34. The number of halogens is 6. The van der Waals surface area contributed by atoms with Crippen molar-refractivity contribution < 1.29 is 22.4 Å². The Balaban J connectivity index is 1.93. The van der Waals surface area contributed by atoms with Crippen LogP contribution in [0, 0.1) is 5.82 Å². The summed E-state index contributed by atoms with van der Waals surface area (Å²) in [6.07, 6.45) is -2.88. The molecule has 1 heterocycles. The van der Waals surface area contributed by atoms with E-state index in [2.05, 4.69) is 5.16 Å². The third-order valence-corrected chi connectivity index (χ3v) is 4.45. The highest BCUT2D eigenvalue weighted by atomic mass is 35.5. The van der Waals surface area contributed by atoms with Crippen molar-refractivity contribution in [2.75, 3.05) is 5.73 Å². The quantitative estimate of drug-likeness (QED) is 0.493. The van der Waals surface area contributed by atoms with Crippen LogP contribution in [0.5, 0.6) is 0 Å². The summed E-state index contributed by atoms with van der Waals surface area (Å²) in [7, 11) is 0. The summed E-state index contributed by atoms with van der Waals surface area (Å²) < 4.78 is 55.3. The second-order valence-corrected chi connectivity index (χ2v) is 6.82. The van der Waals surface area contributed by atoms with Crippen LogP contribution in [0.4, 0.5) is 23.2 Å². The van der Waals surface area contributed by atoms with Crippen molar-refractivity contribution in [3.63, 3.8) is 0 Å². The summed E-state index contributed by atoms with van der Waals surface area (Å²) in [6.45, 7) is 0. The molecule has 2 aromatic rings. The summed E-state index contributed by atoms with van der Waals surface area (Å²) in [4.78, 5) is 4.83. The molecule has 2 N–H and O–H groups in total. The number of nitrogens with two attached hydrogens (primary N) is 1. The average molecular weight is 419 g/mol. The molecule has 1 unspecified atom stereocenters. The first-order chi connectivity index (χ1) is 12.6. The van der Waals surface area contributed by atoms with Gasteiger partial charge < -0.3 is 10.6 Å². The van der Waals surface area contributed by atoms with Gasteiger partial charge in [-0.15, -0.1) is 0 Å². The fourth-order valence-electron chi connectivity index (χ4n) is 2.68. The van der Waals surface area contributed by atoms with Crippen LogP contribution in [0.1, 0.15) is 17.5 Å². The SMILES string of the molecule is Nc1ccc(F)c(/C=C/C2=NOC(c3cc(Cl)cc(Cl)c3)(C(F)(F)F)C2)c1. The van der Waals surface area contributed by atoms with Crippen molar-refractivity contribution in [3.8, 4) is 0 Å². The predicted octanol–water partition coefficient (Wildman–Crippen LogP) is 5.96. The number of anilines is 1. The van der Waals surface area contributed by atoms with Gasteiger partial charge in [-0.2, -0.15) is 13.2 Å². The maximum Gasteiger partial charge on any atom is 0.435 e. The first-order valence-corrected chi connectivity index (χ1v) is 8.38. The average Bonchev–Trinajstić information content (AvgIpc) is 3.00. The summed E-state index contributed by atoms with van der Waals surface area (Å²) in [5.74, 6) is -0.566. The van der Waals surface area contributed by atoms with E-state index in [1.165, 1.54) is 30.4 Å². The lowest BCUT2D eigenvalue weighted by atomic mass is 9.88. The third kappa shape index (κ3) is 3.89. The van der Waals surface area contributed by atoms with Crippen LogP contribution >= 0.6 is 23.2 Å². The molecule has 0 saturated heterocycles. The van der Waals surface area contributed by atoms with Gasteiger partial charge in [-0.1, -0.05) is 34.4 Å². The van der Waals surface area contributed by atoms with E-state index in [1.807, 2.05) is 0 Å². The maximum absolute atomic E-state index is 13.8. The van der Waals surface area contributed by atoms with Gasteiger partial charge in [0.25, 0.3) is 5.60 Å². The molecule has 3 rings (SSSR count). The van der Waals surface area contributed by atoms with Gasteiger partial charge >= 0.3 is 6.18 Å². The highest BCUT2D eigenvalue weighted by Crippen LogP contribution is 2.49. The Morgan fingerprint density at radius 2 is 1.74 bits per heavy atom. The Bertz CT molecular complexity index is 923. The van der Waals surface area contributed by atoms with E-state index in [1.54, 1.807) is 0 Å². The number of hydrogen-bond acceptors (Lipinski definition) is 3. The lowest BCUT2D eigenvalue weighted by molar-refractivity contribution is -0.275. The van der Waals surface area contributed by atoms with E-state index in [0.717, 1.165) is 18.2 Å². The van der Waals surface area contributed by atoms with Gasteiger partial charge in [-0.3, -0.25) is 0 Å². The van der Waals surface area contributed by atoms with Gasteiger partial charge in [0.05, 0.1) is 5.71 Å². The minimum absolute atomic E-state index is 0.0229. The monoisotopic (exact) mass is 418 g/mol. The molecule has 9 heteroatoms. The number of rotatable bonds is 3. The molecule has 142 valence electrons. The largest absolute Gasteiger partial charge is 0.435 e. The number of nitrogens with zero attached hydrogens (tertiary/aromatic N) is 1. The molecule has 0 aromatic heterocycles. The summed E-state index contributed by atoms with van der Waals surface area (Å²) in [5, 5.41) is 3.60. The van der Waals surface area contributed by atoms with Gasteiger partial charge in [0.1, 0.15) is 5.82 Å². The van der Waals surface area contributed by atoms with Crippen LogP contribution in [0.3, 0.4) is 0 Å². The van der Waals surface area contributed by atoms with Crippen molar-refractivity contribution in [2.45, 2.75) is 18.2 Å². The van der Waals surface area contributed by atoms with E-state index >= 15 is 0 Å². The summed E-state index contributed by atoms with van der Waals surface area (Å²) in [5.41, 5.74) is 3.01. The summed E-state index contributed by atoms with van der Waals surface area (Å²) in [6, 6.07) is 7.46. The number of benzene rings is 2. The topological polar surface area (TPSA) is 47.6 Å². The van der Waals surface area contributed by atoms with Crippen LogP contribution in [-0.4, -0.2) is 11.9 Å². The zero-order valence-corrected chi connectivity index (χ0v) is 15.0. The smallest absolute Gasteiger partial charge is 0.399 e. The lowest BCUT2D eigenvalue weighted by Gasteiger charge is -2.29. The maximum atomic E-state index is 13.8. The zero-order valence-electron chi connectivity index (χ0n) is 13.5. The van der Waals surface area contributed by atoms with Crippen LogP contribution < -0.4 is 5.73 Å². The fraction of sp³-hybridized carbons (Fsp3) is 0.167. The van der Waals surface area contributed by atoms with Crippen LogP contribution in [0.2, 0.25) is 10.0 Å². The Morgan fingerprint density at radius 1 is 1.07 bits per heavy atom. The highest BCUT2D eigenvalue weighted by Gasteiger charge is 2.62. The minimum atomic E-state index is -4.79. The van der Waals surface area contributed by atoms with E-state index < -0.39 is 24.0 Å². The molecule has 1 atom stereocenters. The van der Waals surface area contributed by atoms with Gasteiger partial charge in [0.15, 0.2) is 0 Å². The number of allylic oxidation sites excluding steroid dienone is 1. The van der Waals surface area contributed by atoms with Crippen molar-refractivity contribution >= 4 is 40.7 Å². The first-order valence-electron chi connectivity index (χ1n) is 7.62. The molecule has 27 heavy (non-hydrogen) atoms. The number of alkyl halides is 3. The van der Waals surface area contributed by atoms with Crippen molar-refractivity contribution in [3.05, 3.63) is 69.5 Å². The normalized spacial score (nSPS) is 20.0.